The number of amides is 2. The van der Waals surface area contributed by atoms with Gasteiger partial charge in [-0.3, -0.25) is 14.6 Å². The largest absolute Gasteiger partial charge is 0.322 e. The van der Waals surface area contributed by atoms with Crippen molar-refractivity contribution in [1.29, 1.82) is 0 Å². The van der Waals surface area contributed by atoms with Crippen LogP contribution in [-0.4, -0.2) is 23.3 Å². The van der Waals surface area contributed by atoms with Gasteiger partial charge in [0, 0.05) is 42.3 Å². The minimum Gasteiger partial charge on any atom is -0.322 e. The lowest BCUT2D eigenvalue weighted by atomic mass is 10.1. The maximum Gasteiger partial charge on any atom is 0.255 e. The van der Waals surface area contributed by atoms with Crippen LogP contribution in [0.4, 0.5) is 11.4 Å². The minimum absolute atomic E-state index is 0.140. The van der Waals surface area contributed by atoms with Crippen molar-refractivity contribution in [2.24, 2.45) is 0 Å². The standard InChI is InChI=1S/C17H17N3O2/c1-12-4-5-14(11-15(12)20-10-2-3-16(20)21)19-17(22)13-6-8-18-9-7-13/h4-9,11H,2-3,10H2,1H3,(H,19,22). The molecule has 0 radical (unpaired) electrons. The van der Waals surface area contributed by atoms with E-state index in [0.717, 1.165) is 24.2 Å². The summed E-state index contributed by atoms with van der Waals surface area (Å²) in [5.74, 6) is -0.0503. The normalized spacial score (nSPS) is 14.2. The molecule has 2 aromatic rings. The maximum atomic E-state index is 12.2. The lowest BCUT2D eigenvalue weighted by Gasteiger charge is -2.19. The summed E-state index contributed by atoms with van der Waals surface area (Å²) in [6, 6.07) is 8.95. The molecule has 3 rings (SSSR count). The summed E-state index contributed by atoms with van der Waals surface area (Å²) in [5.41, 5.74) is 3.13. The Bertz CT molecular complexity index is 713. The molecule has 2 heterocycles. The first-order chi connectivity index (χ1) is 10.6. The molecular weight excluding hydrogens is 278 g/mol. The predicted octanol–water partition coefficient (Wildman–Crippen LogP) is 2.77. The molecule has 1 aliphatic heterocycles. The van der Waals surface area contributed by atoms with Crippen LogP contribution in [0.5, 0.6) is 0 Å². The Hall–Kier alpha value is -2.69. The van der Waals surface area contributed by atoms with Crippen molar-refractivity contribution in [2.45, 2.75) is 19.8 Å². The third-order valence-electron chi connectivity index (χ3n) is 3.77. The van der Waals surface area contributed by atoms with E-state index in [9.17, 15) is 9.59 Å². The van der Waals surface area contributed by atoms with E-state index in [4.69, 9.17) is 0 Å². The Kier molecular flexibility index (Phi) is 3.87. The number of nitrogens with one attached hydrogen (secondary N) is 1. The highest BCUT2D eigenvalue weighted by molar-refractivity contribution is 6.05. The number of carbonyl (C=O) groups excluding carboxylic acids is 2. The molecular formula is C17H17N3O2. The number of anilines is 2. The number of aromatic nitrogens is 1. The minimum atomic E-state index is -0.190. The van der Waals surface area contributed by atoms with Crippen LogP contribution in [-0.2, 0) is 4.79 Å². The number of rotatable bonds is 3. The Balaban J connectivity index is 1.83. The number of benzene rings is 1. The second-order valence-corrected chi connectivity index (χ2v) is 5.34. The molecule has 1 aliphatic rings. The first-order valence-electron chi connectivity index (χ1n) is 7.27. The Morgan fingerprint density at radius 3 is 2.68 bits per heavy atom. The molecule has 2 amide bonds. The first-order valence-corrected chi connectivity index (χ1v) is 7.27. The molecule has 0 unspecified atom stereocenters. The summed E-state index contributed by atoms with van der Waals surface area (Å²) in [6.45, 7) is 2.71. The van der Waals surface area contributed by atoms with Gasteiger partial charge in [0.1, 0.15) is 0 Å². The maximum absolute atomic E-state index is 12.2. The smallest absolute Gasteiger partial charge is 0.255 e. The van der Waals surface area contributed by atoms with Gasteiger partial charge >= 0.3 is 0 Å². The molecule has 5 heteroatoms. The quantitative estimate of drug-likeness (QED) is 0.947. The van der Waals surface area contributed by atoms with Crippen LogP contribution >= 0.6 is 0 Å². The van der Waals surface area contributed by atoms with E-state index >= 15 is 0 Å². The van der Waals surface area contributed by atoms with Crippen LogP contribution in [0.15, 0.2) is 42.7 Å². The average molecular weight is 295 g/mol. The molecule has 1 saturated heterocycles. The third-order valence-corrected chi connectivity index (χ3v) is 3.77. The fraction of sp³-hybridized carbons (Fsp3) is 0.235. The zero-order chi connectivity index (χ0) is 15.5. The lowest BCUT2D eigenvalue weighted by molar-refractivity contribution is -0.117. The summed E-state index contributed by atoms with van der Waals surface area (Å²) >= 11 is 0. The van der Waals surface area contributed by atoms with Crippen molar-refractivity contribution in [1.82, 2.24) is 4.98 Å². The summed E-state index contributed by atoms with van der Waals surface area (Å²) in [7, 11) is 0. The van der Waals surface area contributed by atoms with Crippen molar-refractivity contribution in [3.05, 3.63) is 53.9 Å². The van der Waals surface area contributed by atoms with Gasteiger partial charge in [0.15, 0.2) is 0 Å². The second-order valence-electron chi connectivity index (χ2n) is 5.34. The number of carbonyl (C=O) groups is 2. The third kappa shape index (κ3) is 2.83. The zero-order valence-corrected chi connectivity index (χ0v) is 12.4. The molecule has 0 atom stereocenters. The number of pyridine rings is 1. The van der Waals surface area contributed by atoms with E-state index in [0.29, 0.717) is 17.7 Å². The molecule has 1 N–H and O–H groups in total. The van der Waals surface area contributed by atoms with E-state index in [-0.39, 0.29) is 11.8 Å². The first kappa shape index (κ1) is 14.3. The topological polar surface area (TPSA) is 62.3 Å². The van der Waals surface area contributed by atoms with E-state index < -0.39 is 0 Å². The molecule has 0 bridgehead atoms. The van der Waals surface area contributed by atoms with E-state index in [1.165, 1.54) is 0 Å². The number of nitrogens with zero attached hydrogens (tertiary/aromatic N) is 2. The number of hydrogen-bond acceptors (Lipinski definition) is 3. The summed E-state index contributed by atoms with van der Waals surface area (Å²) < 4.78 is 0. The van der Waals surface area contributed by atoms with Crippen LogP contribution < -0.4 is 10.2 Å². The highest BCUT2D eigenvalue weighted by Crippen LogP contribution is 2.28. The Morgan fingerprint density at radius 1 is 1.23 bits per heavy atom. The molecule has 1 aromatic heterocycles. The van der Waals surface area contributed by atoms with Gasteiger partial charge in [-0.2, -0.15) is 0 Å². The summed E-state index contributed by atoms with van der Waals surface area (Å²) in [4.78, 5) is 29.8. The SMILES string of the molecule is Cc1ccc(NC(=O)c2ccncc2)cc1N1CCCC1=O. The molecule has 0 saturated carbocycles. The molecule has 0 aliphatic carbocycles. The summed E-state index contributed by atoms with van der Waals surface area (Å²) in [5, 5.41) is 2.86. The van der Waals surface area contributed by atoms with Gasteiger partial charge in [-0.25, -0.2) is 0 Å². The van der Waals surface area contributed by atoms with E-state index in [1.54, 1.807) is 29.4 Å². The zero-order valence-electron chi connectivity index (χ0n) is 12.4. The predicted molar refractivity (Wildman–Crippen MR) is 85.0 cm³/mol. The Labute approximate surface area is 129 Å². The van der Waals surface area contributed by atoms with Crippen molar-refractivity contribution < 1.29 is 9.59 Å². The van der Waals surface area contributed by atoms with Gasteiger partial charge < -0.3 is 10.2 Å². The molecule has 1 fully saturated rings. The van der Waals surface area contributed by atoms with Gasteiger partial charge in [0.2, 0.25) is 5.91 Å². The second kappa shape index (κ2) is 5.97. The molecule has 0 spiro atoms. The highest BCUT2D eigenvalue weighted by atomic mass is 16.2. The van der Waals surface area contributed by atoms with Crippen LogP contribution in [0, 0.1) is 6.92 Å². The number of hydrogen-bond donors (Lipinski definition) is 1. The monoisotopic (exact) mass is 295 g/mol. The fourth-order valence-electron chi connectivity index (χ4n) is 2.59. The number of aryl methyl sites for hydroxylation is 1. The van der Waals surface area contributed by atoms with Gasteiger partial charge in [-0.15, -0.1) is 0 Å². The van der Waals surface area contributed by atoms with Crippen molar-refractivity contribution in [2.75, 3.05) is 16.8 Å². The van der Waals surface area contributed by atoms with Crippen LogP contribution in [0.25, 0.3) is 0 Å². The van der Waals surface area contributed by atoms with Crippen LogP contribution in [0.3, 0.4) is 0 Å². The highest BCUT2D eigenvalue weighted by Gasteiger charge is 2.23. The lowest BCUT2D eigenvalue weighted by Crippen LogP contribution is -2.24. The molecule has 22 heavy (non-hydrogen) atoms. The molecule has 5 nitrogen and oxygen atoms in total. The average Bonchev–Trinajstić information content (AvgIpc) is 2.96. The van der Waals surface area contributed by atoms with Crippen molar-refractivity contribution in [3.8, 4) is 0 Å². The van der Waals surface area contributed by atoms with Gasteiger partial charge in [0.25, 0.3) is 5.91 Å². The summed E-state index contributed by atoms with van der Waals surface area (Å²) in [6.07, 6.45) is 4.63. The van der Waals surface area contributed by atoms with E-state index in [2.05, 4.69) is 10.3 Å². The van der Waals surface area contributed by atoms with Crippen molar-refractivity contribution >= 4 is 23.2 Å². The fourth-order valence-corrected chi connectivity index (χ4v) is 2.59. The molecule has 1 aromatic carbocycles. The van der Waals surface area contributed by atoms with Crippen LogP contribution in [0.2, 0.25) is 0 Å². The van der Waals surface area contributed by atoms with Gasteiger partial charge in [-0.1, -0.05) is 6.07 Å². The van der Waals surface area contributed by atoms with Gasteiger partial charge in [0.05, 0.1) is 0 Å². The van der Waals surface area contributed by atoms with Crippen molar-refractivity contribution in [3.63, 3.8) is 0 Å². The Morgan fingerprint density at radius 2 is 2.00 bits per heavy atom. The van der Waals surface area contributed by atoms with E-state index in [1.807, 2.05) is 25.1 Å². The van der Waals surface area contributed by atoms with Gasteiger partial charge in [-0.05, 0) is 43.2 Å². The van der Waals surface area contributed by atoms with Crippen LogP contribution in [0.1, 0.15) is 28.8 Å². The molecule has 112 valence electrons.